The molecule has 0 aliphatic carbocycles. The van der Waals surface area contributed by atoms with Crippen LogP contribution >= 0.6 is 34.9 Å². The van der Waals surface area contributed by atoms with Crippen molar-refractivity contribution in [2.24, 2.45) is 19.3 Å². The van der Waals surface area contributed by atoms with E-state index >= 15 is 0 Å². The molecule has 15 nitrogen and oxygen atoms in total. The van der Waals surface area contributed by atoms with Crippen molar-refractivity contribution >= 4 is 63.5 Å². The lowest BCUT2D eigenvalue weighted by Crippen LogP contribution is -2.71. The van der Waals surface area contributed by atoms with E-state index in [-0.39, 0.29) is 28.0 Å². The number of fused-ring (bicyclic) bond motifs is 1. The fourth-order valence-corrected chi connectivity index (χ4v) is 11.1. The van der Waals surface area contributed by atoms with Crippen LogP contribution in [-0.2, 0) is 43.6 Å². The number of benzene rings is 5. The average Bonchev–Trinajstić information content (AvgIpc) is 3.87. The number of aryl methyl sites for hydroxylation is 1. The number of thioether (sulfide) groups is 2. The number of rotatable bonds is 16. The Morgan fingerprint density at radius 2 is 1.34 bits per heavy atom. The maximum absolute atomic E-state index is 14.6. The average molecular weight is 989 g/mol. The molecule has 2 aromatic heterocycles. The number of β-lactam (4-membered cyclic amide) rings is 1. The molecule has 70 heavy (non-hydrogen) atoms. The number of carbonyl (C=O) groups is 3. The lowest BCUT2D eigenvalue weighted by molar-refractivity contribution is -0.154. The lowest BCUT2D eigenvalue weighted by atomic mass is 9.77. The van der Waals surface area contributed by atoms with E-state index in [2.05, 4.69) is 57.3 Å². The van der Waals surface area contributed by atoms with Gasteiger partial charge in [-0.15, -0.1) is 28.2 Å². The zero-order valence-corrected chi connectivity index (χ0v) is 40.3. The number of nitrogens with one attached hydrogen (secondary N) is 2. The fourth-order valence-electron chi connectivity index (χ4n) is 8.28. The van der Waals surface area contributed by atoms with Crippen LogP contribution in [0.1, 0.15) is 39.6 Å². The van der Waals surface area contributed by atoms with Crippen molar-refractivity contribution in [1.29, 1.82) is 0 Å². The Morgan fingerprint density at radius 1 is 0.800 bits per heavy atom. The summed E-state index contributed by atoms with van der Waals surface area (Å²) in [5.41, 5.74) is 2.41. The van der Waals surface area contributed by atoms with Gasteiger partial charge in [-0.3, -0.25) is 28.6 Å². The molecule has 2 amide bonds. The highest BCUT2D eigenvalue weighted by Gasteiger charge is 2.55. The Hall–Kier alpha value is -7.80. The molecule has 7 aromatic rings. The van der Waals surface area contributed by atoms with E-state index < -0.39 is 52.0 Å². The van der Waals surface area contributed by atoms with Crippen LogP contribution in [0, 0.1) is 0 Å². The third kappa shape index (κ3) is 9.35. The Balaban J connectivity index is 1.00. The quantitative estimate of drug-likeness (QED) is 0.0193. The first-order chi connectivity index (χ1) is 34.1. The van der Waals surface area contributed by atoms with E-state index in [4.69, 9.17) is 14.6 Å². The summed E-state index contributed by atoms with van der Waals surface area (Å²) in [7, 11) is 4.15. The second-order valence-corrected chi connectivity index (χ2v) is 18.8. The summed E-state index contributed by atoms with van der Waals surface area (Å²) in [5, 5.41) is 18.2. The molecule has 4 heterocycles. The molecule has 1 saturated heterocycles. The number of oxime groups is 1. The van der Waals surface area contributed by atoms with Gasteiger partial charge in [0, 0.05) is 25.2 Å². The Labute approximate surface area is 414 Å². The minimum absolute atomic E-state index is 0.00463. The number of hydrogen-bond donors (Lipinski definition) is 2. The summed E-state index contributed by atoms with van der Waals surface area (Å²) in [4.78, 5) is 79.5. The van der Waals surface area contributed by atoms with Gasteiger partial charge in [-0.2, -0.15) is 0 Å². The highest BCUT2D eigenvalue weighted by molar-refractivity contribution is 8.02. The number of esters is 1. The van der Waals surface area contributed by atoms with Gasteiger partial charge in [-0.05, 0) is 44.9 Å². The van der Waals surface area contributed by atoms with Gasteiger partial charge in [0.05, 0.1) is 0 Å². The van der Waals surface area contributed by atoms with Crippen LogP contribution in [-0.4, -0.2) is 72.0 Å². The van der Waals surface area contributed by atoms with Crippen molar-refractivity contribution in [3.8, 4) is 0 Å². The van der Waals surface area contributed by atoms with Gasteiger partial charge in [0.25, 0.3) is 11.8 Å². The van der Waals surface area contributed by atoms with Crippen LogP contribution in [0.25, 0.3) is 0 Å². The SMILES string of the molecule is CON=C(C(=O)NC1C(=O)N2C(C(=O)OC(c3ccccc3)c3ccccc3)=C(C=CSc3nn(C)c(=O)c(=O)n3C)CSC12)c1csc(NC(c2ccccc2)(c2ccccc2)c2ccccc2)n1. The molecule has 2 atom stereocenters. The molecule has 1 fully saturated rings. The van der Waals surface area contributed by atoms with E-state index in [1.807, 2.05) is 115 Å². The number of ether oxygens (including phenoxy) is 1. The molecular weight excluding hydrogens is 945 g/mol. The van der Waals surface area contributed by atoms with Gasteiger partial charge >= 0.3 is 17.1 Å². The van der Waals surface area contributed by atoms with E-state index in [0.717, 1.165) is 48.8 Å². The molecular formula is C52H44N8O7S3. The van der Waals surface area contributed by atoms with Crippen LogP contribution in [0.5, 0.6) is 0 Å². The minimum Gasteiger partial charge on any atom is -0.448 e. The van der Waals surface area contributed by atoms with Crippen molar-refractivity contribution < 1.29 is 24.0 Å². The minimum atomic E-state index is -1.07. The summed E-state index contributed by atoms with van der Waals surface area (Å²) < 4.78 is 8.42. The first kappa shape index (κ1) is 47.3. The lowest BCUT2D eigenvalue weighted by Gasteiger charge is -2.49. The third-order valence-corrected chi connectivity index (χ3v) is 14.6. The van der Waals surface area contributed by atoms with Crippen molar-refractivity contribution in [3.63, 3.8) is 0 Å². The summed E-state index contributed by atoms with van der Waals surface area (Å²) in [5.74, 6) is -1.79. The van der Waals surface area contributed by atoms with Crippen molar-refractivity contribution in [3.05, 3.63) is 234 Å². The Bertz CT molecular complexity index is 3120. The fraction of sp³-hybridized carbons (Fsp3) is 0.154. The van der Waals surface area contributed by atoms with Gasteiger partial charge in [0.2, 0.25) is 0 Å². The van der Waals surface area contributed by atoms with Gasteiger partial charge < -0.3 is 20.2 Å². The molecule has 352 valence electrons. The molecule has 18 heteroatoms. The summed E-state index contributed by atoms with van der Waals surface area (Å²) in [6.45, 7) is 0. The largest absolute Gasteiger partial charge is 0.448 e. The summed E-state index contributed by atoms with van der Waals surface area (Å²) in [6.07, 6.45) is 0.829. The molecule has 0 spiro atoms. The summed E-state index contributed by atoms with van der Waals surface area (Å²) >= 11 is 3.68. The van der Waals surface area contributed by atoms with Crippen LogP contribution in [0.2, 0.25) is 0 Å². The zero-order valence-electron chi connectivity index (χ0n) is 37.9. The number of hydrogen-bond acceptors (Lipinski definition) is 14. The molecule has 0 radical (unpaired) electrons. The zero-order chi connectivity index (χ0) is 48.8. The van der Waals surface area contributed by atoms with Gasteiger partial charge in [0.1, 0.15) is 35.5 Å². The smallest absolute Gasteiger partial charge is 0.356 e. The maximum Gasteiger partial charge on any atom is 0.356 e. The predicted molar refractivity (Wildman–Crippen MR) is 271 cm³/mol. The van der Waals surface area contributed by atoms with Crippen molar-refractivity contribution in [2.45, 2.75) is 28.2 Å². The maximum atomic E-state index is 14.6. The molecule has 2 aliphatic heterocycles. The first-order valence-electron chi connectivity index (χ1n) is 21.9. The highest BCUT2D eigenvalue weighted by atomic mass is 32.2. The van der Waals surface area contributed by atoms with E-state index in [1.54, 1.807) is 16.9 Å². The molecule has 5 aromatic carbocycles. The molecule has 2 aliphatic rings. The van der Waals surface area contributed by atoms with E-state index in [9.17, 15) is 24.0 Å². The second kappa shape index (κ2) is 20.8. The van der Waals surface area contributed by atoms with Crippen molar-refractivity contribution in [2.75, 3.05) is 18.2 Å². The predicted octanol–water partition coefficient (Wildman–Crippen LogP) is 6.98. The molecule has 2 N–H and O–H groups in total. The number of nitrogens with zero attached hydrogens (tertiary/aromatic N) is 6. The highest BCUT2D eigenvalue weighted by Crippen LogP contribution is 2.43. The molecule has 0 saturated carbocycles. The molecule has 0 bridgehead atoms. The normalized spacial score (nSPS) is 15.9. The van der Waals surface area contributed by atoms with Crippen LogP contribution < -0.4 is 21.8 Å². The second-order valence-electron chi connectivity index (χ2n) is 16.0. The molecule has 9 rings (SSSR count). The van der Waals surface area contributed by atoms with Crippen LogP contribution in [0.3, 0.4) is 0 Å². The number of thiazole rings is 1. The first-order valence-corrected chi connectivity index (χ1v) is 24.7. The van der Waals surface area contributed by atoms with E-state index in [1.165, 1.54) is 49.2 Å². The number of amides is 2. The monoisotopic (exact) mass is 988 g/mol. The number of carbonyl (C=O) groups excluding carboxylic acids is 3. The number of aromatic nitrogens is 4. The van der Waals surface area contributed by atoms with Crippen molar-refractivity contribution in [1.82, 2.24) is 29.5 Å². The van der Waals surface area contributed by atoms with Gasteiger partial charge in [-0.25, -0.2) is 14.5 Å². The topological polar surface area (TPSA) is 179 Å². The third-order valence-electron chi connectivity index (χ3n) is 11.7. The number of anilines is 1. The Morgan fingerprint density at radius 3 is 1.89 bits per heavy atom. The standard InChI is InChI=1S/C52H44N8O7S3/c1-58-46(63)47(64)59(2)56-51(58)68-30-29-35-31-69-48-41(45(62)60(48)42(35)49(65)67-43(33-19-9-4-10-20-33)34-21-11-5-12-22-34)54-44(61)40(57-66-3)39-32-70-50(53-39)55-52(36-23-13-6-14-24-36,37-25-15-7-16-26-37)38-27-17-8-18-28-38/h4-30,32,41,43,48H,31H2,1-3H3,(H,53,55)(H,54,61). The van der Waals surface area contributed by atoms with Crippen LogP contribution in [0.15, 0.2) is 200 Å². The van der Waals surface area contributed by atoms with E-state index in [0.29, 0.717) is 10.7 Å². The molecule has 2 unspecified atom stereocenters. The Kier molecular flexibility index (Phi) is 14.1. The van der Waals surface area contributed by atoms with Gasteiger partial charge in [-0.1, -0.05) is 169 Å². The summed E-state index contributed by atoms with van der Waals surface area (Å²) in [6, 6.07) is 47.6. The van der Waals surface area contributed by atoms with Gasteiger partial charge in [0.15, 0.2) is 22.1 Å². The van der Waals surface area contributed by atoms with Crippen LogP contribution in [0.4, 0.5) is 5.13 Å². The number of allylic oxidation sites excluding steroid dienone is 1.